The van der Waals surface area contributed by atoms with Gasteiger partial charge in [-0.2, -0.15) is 0 Å². The number of carbonyl (C=O) groups excluding carboxylic acids is 2. The van der Waals surface area contributed by atoms with E-state index in [1.54, 1.807) is 13.8 Å². The van der Waals surface area contributed by atoms with Crippen LogP contribution in [0.15, 0.2) is 30.3 Å². The summed E-state index contributed by atoms with van der Waals surface area (Å²) in [6.45, 7) is 7.61. The Morgan fingerprint density at radius 1 is 1.12 bits per heavy atom. The molecule has 1 amide bonds. The van der Waals surface area contributed by atoms with Crippen LogP contribution in [0.1, 0.15) is 46.1 Å². The van der Waals surface area contributed by atoms with Crippen LogP contribution in [0.4, 0.5) is 0 Å². The van der Waals surface area contributed by atoms with E-state index in [0.29, 0.717) is 0 Å². The van der Waals surface area contributed by atoms with E-state index in [2.05, 4.69) is 5.32 Å². The highest BCUT2D eigenvalue weighted by atomic mass is 35.5. The molecule has 0 saturated carbocycles. The molecule has 0 spiro atoms. The first-order chi connectivity index (χ1) is 14.9. The van der Waals surface area contributed by atoms with Gasteiger partial charge in [0.05, 0.1) is 18.5 Å². The van der Waals surface area contributed by atoms with Gasteiger partial charge >= 0.3 is 5.97 Å². The summed E-state index contributed by atoms with van der Waals surface area (Å²) in [6.07, 6.45) is 0.884. The standard InChI is InChI=1S/C23H38N2O6S.ClH/c1-6-17(4)19(24)15-30-21(14-18-10-8-7-9-11-18)22(26)25-20(12-13-32(5,28)29)23(27)31-16(2)3;/h7-11,16-17,19-21H,6,12-15,24H2,1-5H3,(H,25,26);1H/t17-,19+,20-,21?;/m0./s1. The lowest BCUT2D eigenvalue weighted by Crippen LogP contribution is -2.49. The molecule has 0 aliphatic carbocycles. The molecule has 1 unspecified atom stereocenters. The van der Waals surface area contributed by atoms with Crippen molar-refractivity contribution in [3.8, 4) is 0 Å². The molecule has 1 aromatic rings. The Hall–Kier alpha value is -1.68. The van der Waals surface area contributed by atoms with Crippen molar-refractivity contribution in [3.63, 3.8) is 0 Å². The summed E-state index contributed by atoms with van der Waals surface area (Å²) >= 11 is 0. The Morgan fingerprint density at radius 3 is 2.24 bits per heavy atom. The molecule has 1 rings (SSSR count). The predicted molar refractivity (Wildman–Crippen MR) is 132 cm³/mol. The molecule has 0 aliphatic rings. The highest BCUT2D eigenvalue weighted by Crippen LogP contribution is 2.12. The molecule has 10 heteroatoms. The van der Waals surface area contributed by atoms with Gasteiger partial charge in [-0.15, -0.1) is 12.4 Å². The summed E-state index contributed by atoms with van der Waals surface area (Å²) in [5.41, 5.74) is 7.06. The maximum atomic E-state index is 13.1. The third-order valence-corrected chi connectivity index (χ3v) is 6.13. The van der Waals surface area contributed by atoms with Gasteiger partial charge in [-0.3, -0.25) is 4.79 Å². The van der Waals surface area contributed by atoms with E-state index >= 15 is 0 Å². The molecule has 0 saturated heterocycles. The number of carbonyl (C=O) groups is 2. The number of ether oxygens (including phenoxy) is 2. The zero-order chi connectivity index (χ0) is 24.3. The average molecular weight is 507 g/mol. The summed E-state index contributed by atoms with van der Waals surface area (Å²) in [6, 6.07) is 8.04. The van der Waals surface area contributed by atoms with E-state index < -0.39 is 40.0 Å². The molecular weight excluding hydrogens is 468 g/mol. The Morgan fingerprint density at radius 2 is 1.73 bits per heavy atom. The number of hydrogen-bond donors (Lipinski definition) is 2. The van der Waals surface area contributed by atoms with Crippen molar-refractivity contribution >= 4 is 34.1 Å². The predicted octanol–water partition coefficient (Wildman–Crippen LogP) is 2.28. The molecular formula is C23H39ClN2O6S. The van der Waals surface area contributed by atoms with Gasteiger partial charge < -0.3 is 20.5 Å². The first-order valence-electron chi connectivity index (χ1n) is 11.0. The molecule has 3 N–H and O–H groups in total. The van der Waals surface area contributed by atoms with Crippen LogP contribution < -0.4 is 11.1 Å². The van der Waals surface area contributed by atoms with E-state index in [1.807, 2.05) is 44.2 Å². The molecule has 0 heterocycles. The highest BCUT2D eigenvalue weighted by Gasteiger charge is 2.29. The number of hydrogen-bond acceptors (Lipinski definition) is 7. The third-order valence-electron chi connectivity index (χ3n) is 5.15. The summed E-state index contributed by atoms with van der Waals surface area (Å²) in [7, 11) is -3.33. The first-order valence-corrected chi connectivity index (χ1v) is 13.1. The van der Waals surface area contributed by atoms with Gasteiger partial charge in [0.2, 0.25) is 5.91 Å². The smallest absolute Gasteiger partial charge is 0.328 e. The van der Waals surface area contributed by atoms with E-state index in [9.17, 15) is 18.0 Å². The van der Waals surface area contributed by atoms with Crippen LogP contribution in [0.5, 0.6) is 0 Å². The normalized spacial score (nSPS) is 15.1. The summed E-state index contributed by atoms with van der Waals surface area (Å²) < 4.78 is 34.3. The van der Waals surface area contributed by atoms with E-state index in [1.165, 1.54) is 0 Å². The SMILES string of the molecule is CC[C@H](C)[C@H](N)COC(Cc1ccccc1)C(=O)N[C@@H](CCS(C)(=O)=O)C(=O)OC(C)C.Cl. The van der Waals surface area contributed by atoms with Crippen LogP contribution in [0.2, 0.25) is 0 Å². The minimum Gasteiger partial charge on any atom is -0.461 e. The van der Waals surface area contributed by atoms with Crippen LogP contribution in [0.25, 0.3) is 0 Å². The Bertz CT molecular complexity index is 820. The van der Waals surface area contributed by atoms with Gasteiger partial charge in [0.25, 0.3) is 0 Å². The molecule has 190 valence electrons. The topological polar surface area (TPSA) is 125 Å². The second-order valence-corrected chi connectivity index (χ2v) is 10.8. The lowest BCUT2D eigenvalue weighted by Gasteiger charge is -2.25. The Labute approximate surface area is 204 Å². The van der Waals surface area contributed by atoms with E-state index in [-0.39, 0.29) is 49.6 Å². The van der Waals surface area contributed by atoms with Crippen molar-refractivity contribution in [1.29, 1.82) is 0 Å². The summed E-state index contributed by atoms with van der Waals surface area (Å²) in [5, 5.41) is 2.64. The summed E-state index contributed by atoms with van der Waals surface area (Å²) in [5.74, 6) is -1.22. The fraction of sp³-hybridized carbons (Fsp3) is 0.652. The van der Waals surface area contributed by atoms with Crippen molar-refractivity contribution in [3.05, 3.63) is 35.9 Å². The van der Waals surface area contributed by atoms with Crippen LogP contribution in [0, 0.1) is 5.92 Å². The zero-order valence-electron chi connectivity index (χ0n) is 20.2. The van der Waals surface area contributed by atoms with Crippen LogP contribution in [0.3, 0.4) is 0 Å². The van der Waals surface area contributed by atoms with Crippen molar-refractivity contribution in [2.45, 2.75) is 71.2 Å². The number of sulfone groups is 1. The van der Waals surface area contributed by atoms with Gasteiger partial charge in [-0.05, 0) is 31.7 Å². The Balaban J connectivity index is 0.0000102. The largest absolute Gasteiger partial charge is 0.461 e. The molecule has 1 aromatic carbocycles. The fourth-order valence-corrected chi connectivity index (χ4v) is 3.57. The maximum Gasteiger partial charge on any atom is 0.328 e. The lowest BCUT2D eigenvalue weighted by molar-refractivity contribution is -0.152. The molecule has 0 aromatic heterocycles. The molecule has 33 heavy (non-hydrogen) atoms. The molecule has 8 nitrogen and oxygen atoms in total. The van der Waals surface area contributed by atoms with E-state index in [0.717, 1.165) is 18.2 Å². The number of halogens is 1. The Kier molecular flexibility index (Phi) is 14.5. The zero-order valence-corrected chi connectivity index (χ0v) is 21.8. The quantitative estimate of drug-likeness (QED) is 0.371. The van der Waals surface area contributed by atoms with Crippen molar-refractivity contribution in [1.82, 2.24) is 5.32 Å². The second-order valence-electron chi connectivity index (χ2n) is 8.53. The van der Waals surface area contributed by atoms with Crippen molar-refractivity contribution in [2.24, 2.45) is 11.7 Å². The fourth-order valence-electron chi connectivity index (χ4n) is 2.91. The van der Waals surface area contributed by atoms with Gasteiger partial charge in [0.15, 0.2) is 0 Å². The second kappa shape index (κ2) is 15.3. The van der Waals surface area contributed by atoms with Crippen LogP contribution in [-0.4, -0.2) is 63.2 Å². The monoisotopic (exact) mass is 506 g/mol. The number of amides is 1. The van der Waals surface area contributed by atoms with Gasteiger partial charge in [-0.25, -0.2) is 13.2 Å². The minimum atomic E-state index is -3.33. The highest BCUT2D eigenvalue weighted by molar-refractivity contribution is 7.90. The summed E-state index contributed by atoms with van der Waals surface area (Å²) in [4.78, 5) is 25.6. The molecule has 0 bridgehead atoms. The number of nitrogens with one attached hydrogen (secondary N) is 1. The van der Waals surface area contributed by atoms with Crippen molar-refractivity contribution < 1.29 is 27.5 Å². The van der Waals surface area contributed by atoms with Gasteiger partial charge in [0.1, 0.15) is 22.0 Å². The van der Waals surface area contributed by atoms with Crippen LogP contribution in [-0.2, 0) is 35.3 Å². The first kappa shape index (κ1) is 31.3. The molecule has 0 fully saturated rings. The average Bonchev–Trinajstić information content (AvgIpc) is 2.72. The van der Waals surface area contributed by atoms with E-state index in [4.69, 9.17) is 15.2 Å². The van der Waals surface area contributed by atoms with Crippen molar-refractivity contribution in [2.75, 3.05) is 18.6 Å². The number of esters is 1. The maximum absolute atomic E-state index is 13.1. The minimum absolute atomic E-state index is 0. The number of rotatable bonds is 14. The lowest BCUT2D eigenvalue weighted by atomic mass is 10.0. The molecule has 0 aliphatic heterocycles. The van der Waals surface area contributed by atoms with Crippen LogP contribution >= 0.6 is 12.4 Å². The number of benzene rings is 1. The molecule has 0 radical (unpaired) electrons. The molecule has 4 atom stereocenters. The number of nitrogens with two attached hydrogens (primary N) is 1. The van der Waals surface area contributed by atoms with Gasteiger partial charge in [-0.1, -0.05) is 50.6 Å². The van der Waals surface area contributed by atoms with Gasteiger partial charge in [0, 0.05) is 18.7 Å². The third kappa shape index (κ3) is 13.0.